The number of hydrogen-bond acceptors (Lipinski definition) is 3. The maximum atomic E-state index is 12.3. The third-order valence-corrected chi connectivity index (χ3v) is 10.3. The van der Waals surface area contributed by atoms with Crippen LogP contribution in [0.4, 0.5) is 0 Å². The van der Waals surface area contributed by atoms with Gasteiger partial charge in [0.15, 0.2) is 0 Å². The zero-order valence-electron chi connectivity index (χ0n) is 19.2. The van der Waals surface area contributed by atoms with Gasteiger partial charge in [-0.3, -0.25) is 9.59 Å². The van der Waals surface area contributed by atoms with E-state index in [1.165, 1.54) is 45.6 Å². The maximum absolute atomic E-state index is 12.3. The first-order valence-electron chi connectivity index (χ1n) is 12.0. The molecule has 3 aliphatic carbocycles. The van der Waals surface area contributed by atoms with Crippen molar-refractivity contribution in [3.05, 3.63) is 0 Å². The Balaban J connectivity index is 1.51. The number of esters is 1. The molecule has 29 heavy (non-hydrogen) atoms. The maximum Gasteiger partial charge on any atom is 0.305 e. The number of nitrogens with zero attached hydrogens (tertiary/aromatic N) is 1. The molecule has 1 heterocycles. The van der Waals surface area contributed by atoms with E-state index in [-0.39, 0.29) is 5.97 Å². The summed E-state index contributed by atoms with van der Waals surface area (Å²) in [6.07, 6.45) is 11.2. The normalized spacial score (nSPS) is 45.2. The van der Waals surface area contributed by atoms with Gasteiger partial charge in [-0.2, -0.15) is 0 Å². The molecule has 0 bridgehead atoms. The number of likely N-dealkylation sites (tertiary alicyclic amines) is 1. The van der Waals surface area contributed by atoms with Crippen LogP contribution < -0.4 is 0 Å². The minimum Gasteiger partial charge on any atom is -0.469 e. The van der Waals surface area contributed by atoms with Crippen molar-refractivity contribution in [2.75, 3.05) is 14.2 Å². The lowest BCUT2D eigenvalue weighted by Gasteiger charge is -2.62. The van der Waals surface area contributed by atoms with Crippen LogP contribution in [0, 0.1) is 40.4 Å². The van der Waals surface area contributed by atoms with Gasteiger partial charge < -0.3 is 9.64 Å². The van der Waals surface area contributed by atoms with E-state index in [9.17, 15) is 9.59 Å². The molecule has 2 unspecified atom stereocenters. The molecule has 4 aliphatic rings. The van der Waals surface area contributed by atoms with Crippen molar-refractivity contribution >= 4 is 11.9 Å². The number of fused-ring (bicyclic) bond motifs is 5. The lowest BCUT2D eigenvalue weighted by molar-refractivity contribution is -0.158. The minimum absolute atomic E-state index is 0.0672. The Bertz CT molecular complexity index is 662. The highest BCUT2D eigenvalue weighted by molar-refractivity contribution is 5.77. The van der Waals surface area contributed by atoms with Crippen LogP contribution in [0.25, 0.3) is 0 Å². The molecular weight excluding hydrogens is 362 g/mol. The first-order chi connectivity index (χ1) is 13.7. The molecular formula is C25H41NO3. The number of carbonyl (C=O) groups is 2. The summed E-state index contributed by atoms with van der Waals surface area (Å²) in [6.45, 7) is 7.45. The van der Waals surface area contributed by atoms with Gasteiger partial charge >= 0.3 is 5.97 Å². The molecule has 0 aromatic carbocycles. The Morgan fingerprint density at radius 2 is 1.83 bits per heavy atom. The number of amides is 1. The topological polar surface area (TPSA) is 46.6 Å². The second kappa shape index (κ2) is 7.57. The third kappa shape index (κ3) is 3.24. The minimum atomic E-state index is -0.0672. The highest BCUT2D eigenvalue weighted by atomic mass is 16.5. The monoisotopic (exact) mass is 403 g/mol. The second-order valence-corrected chi connectivity index (χ2v) is 11.3. The van der Waals surface area contributed by atoms with Crippen LogP contribution in [0.15, 0.2) is 0 Å². The van der Waals surface area contributed by atoms with E-state index in [2.05, 4.69) is 25.7 Å². The summed E-state index contributed by atoms with van der Waals surface area (Å²) in [4.78, 5) is 26.1. The summed E-state index contributed by atoms with van der Waals surface area (Å²) < 4.78 is 4.88. The Morgan fingerprint density at radius 1 is 1.10 bits per heavy atom. The zero-order chi connectivity index (χ0) is 21.0. The number of hydrogen-bond donors (Lipinski definition) is 0. The molecule has 0 aromatic rings. The van der Waals surface area contributed by atoms with Gasteiger partial charge in [-0.15, -0.1) is 0 Å². The van der Waals surface area contributed by atoms with Crippen molar-refractivity contribution in [1.29, 1.82) is 0 Å². The smallest absolute Gasteiger partial charge is 0.305 e. The van der Waals surface area contributed by atoms with Crippen LogP contribution in [0.1, 0.15) is 85.0 Å². The van der Waals surface area contributed by atoms with Crippen LogP contribution in [0.3, 0.4) is 0 Å². The lowest BCUT2D eigenvalue weighted by Crippen LogP contribution is -2.61. The van der Waals surface area contributed by atoms with Crippen molar-refractivity contribution in [2.45, 2.75) is 91.0 Å². The molecule has 4 rings (SSSR count). The molecule has 4 nitrogen and oxygen atoms in total. The van der Waals surface area contributed by atoms with E-state index >= 15 is 0 Å². The predicted molar refractivity (Wildman–Crippen MR) is 114 cm³/mol. The van der Waals surface area contributed by atoms with Gasteiger partial charge in [-0.05, 0) is 91.8 Å². The molecule has 1 saturated heterocycles. The largest absolute Gasteiger partial charge is 0.469 e. The molecule has 8 atom stereocenters. The average Bonchev–Trinajstić information content (AvgIpc) is 3.06. The Labute approximate surface area is 177 Å². The van der Waals surface area contributed by atoms with Crippen LogP contribution in [0.5, 0.6) is 0 Å². The Kier molecular flexibility index (Phi) is 5.53. The van der Waals surface area contributed by atoms with Gasteiger partial charge in [0.2, 0.25) is 5.91 Å². The van der Waals surface area contributed by atoms with Gasteiger partial charge in [-0.1, -0.05) is 20.8 Å². The highest BCUT2D eigenvalue weighted by Crippen LogP contribution is 2.67. The van der Waals surface area contributed by atoms with E-state index < -0.39 is 0 Å². The molecule has 4 heteroatoms. The molecule has 0 spiro atoms. The molecule has 4 fully saturated rings. The predicted octanol–water partition coefficient (Wildman–Crippen LogP) is 5.06. The van der Waals surface area contributed by atoms with Gasteiger partial charge in [0.25, 0.3) is 0 Å². The first kappa shape index (κ1) is 21.2. The number of carbonyl (C=O) groups excluding carboxylic acids is 2. The van der Waals surface area contributed by atoms with Gasteiger partial charge in [0.05, 0.1) is 7.11 Å². The van der Waals surface area contributed by atoms with Gasteiger partial charge in [0.1, 0.15) is 0 Å². The number of ether oxygens (including phenoxy) is 1. The summed E-state index contributed by atoms with van der Waals surface area (Å²) in [6, 6.07) is 0.450. The lowest BCUT2D eigenvalue weighted by atomic mass is 9.46. The molecule has 1 aliphatic heterocycles. The van der Waals surface area contributed by atoms with Crippen molar-refractivity contribution in [3.8, 4) is 0 Å². The van der Waals surface area contributed by atoms with E-state index in [1.54, 1.807) is 0 Å². The van der Waals surface area contributed by atoms with Crippen molar-refractivity contribution in [1.82, 2.24) is 4.90 Å². The summed E-state index contributed by atoms with van der Waals surface area (Å²) in [5.41, 5.74) is 0.734. The standard InChI is InChI=1S/C25H41NO3/c1-16(6-11-23(28)29-5)18-8-9-19-17-7-10-21-25(3,15-13-22(27)26(21)4)20(17)12-14-24(18,19)2/h16-21H,6-15H2,1-5H3/t16?,17-,18+,19-,20-,21?,24+,25+/m0/s1. The number of methoxy groups -OCH3 is 1. The quantitative estimate of drug-likeness (QED) is 0.617. The average molecular weight is 404 g/mol. The summed E-state index contributed by atoms with van der Waals surface area (Å²) in [7, 11) is 3.54. The zero-order valence-corrected chi connectivity index (χ0v) is 19.2. The summed E-state index contributed by atoms with van der Waals surface area (Å²) in [5.74, 6) is 4.04. The van der Waals surface area contributed by atoms with E-state index in [0.717, 1.165) is 42.9 Å². The first-order valence-corrected chi connectivity index (χ1v) is 12.0. The van der Waals surface area contributed by atoms with E-state index in [0.29, 0.717) is 35.1 Å². The van der Waals surface area contributed by atoms with Crippen molar-refractivity contribution in [2.24, 2.45) is 40.4 Å². The fourth-order valence-electron chi connectivity index (χ4n) is 8.77. The molecule has 1 amide bonds. The molecule has 0 N–H and O–H groups in total. The van der Waals surface area contributed by atoms with Crippen molar-refractivity contribution in [3.63, 3.8) is 0 Å². The summed E-state index contributed by atoms with van der Waals surface area (Å²) >= 11 is 0. The van der Waals surface area contributed by atoms with E-state index in [1.807, 2.05) is 7.05 Å². The van der Waals surface area contributed by atoms with Crippen LogP contribution in [-0.4, -0.2) is 37.0 Å². The second-order valence-electron chi connectivity index (χ2n) is 11.3. The Morgan fingerprint density at radius 3 is 2.55 bits per heavy atom. The molecule has 164 valence electrons. The SMILES string of the molecule is COC(=O)CCC(C)[C@H]1CC[C@H]2[C@@H]3CCC4N(C)C(=O)CC[C@]4(C)[C@H]3CC[C@]12C. The van der Waals surface area contributed by atoms with E-state index in [4.69, 9.17) is 4.74 Å². The fraction of sp³-hybridized carbons (Fsp3) is 0.920. The van der Waals surface area contributed by atoms with Gasteiger partial charge in [0, 0.05) is 25.9 Å². The van der Waals surface area contributed by atoms with Crippen LogP contribution in [0.2, 0.25) is 0 Å². The van der Waals surface area contributed by atoms with Gasteiger partial charge in [-0.25, -0.2) is 0 Å². The fourth-order valence-corrected chi connectivity index (χ4v) is 8.77. The van der Waals surface area contributed by atoms with Crippen LogP contribution in [-0.2, 0) is 14.3 Å². The Hall–Kier alpha value is -1.06. The summed E-state index contributed by atoms with van der Waals surface area (Å²) in [5, 5.41) is 0. The molecule has 0 radical (unpaired) electrons. The highest BCUT2D eigenvalue weighted by Gasteiger charge is 2.61. The number of piperidine rings is 1. The third-order valence-electron chi connectivity index (χ3n) is 10.3. The number of rotatable bonds is 4. The van der Waals surface area contributed by atoms with Crippen molar-refractivity contribution < 1.29 is 14.3 Å². The van der Waals surface area contributed by atoms with Crippen LogP contribution >= 0.6 is 0 Å². The molecule has 3 saturated carbocycles. The molecule has 0 aromatic heterocycles.